The number of aliphatic hydroxyl groups is 1. The summed E-state index contributed by atoms with van der Waals surface area (Å²) in [5.41, 5.74) is 1.38. The van der Waals surface area contributed by atoms with Crippen LogP contribution in [-0.4, -0.2) is 10.0 Å². The topological polar surface area (TPSA) is 72.6 Å². The van der Waals surface area contributed by atoms with Crippen molar-refractivity contribution < 1.29 is 19.2 Å². The Hall–Kier alpha value is -2.47. The number of benzene rings is 2. The largest absolute Gasteiger partial charge is 0.457 e. The lowest BCUT2D eigenvalue weighted by molar-refractivity contribution is -0.385. The molecule has 110 valence electrons. The summed E-state index contributed by atoms with van der Waals surface area (Å²) in [6.45, 7) is 2.93. The molecule has 1 N–H and O–H groups in total. The maximum Gasteiger partial charge on any atom is 0.272 e. The van der Waals surface area contributed by atoms with Crippen LogP contribution in [0.1, 0.15) is 16.7 Å². The van der Waals surface area contributed by atoms with Gasteiger partial charge in [-0.25, -0.2) is 4.39 Å². The number of aryl methyl sites for hydroxylation is 2. The molecule has 0 aromatic heterocycles. The molecular formula is C15H14FNO4. The lowest BCUT2D eigenvalue weighted by Gasteiger charge is -2.12. The van der Waals surface area contributed by atoms with Crippen LogP contribution in [0.3, 0.4) is 0 Å². The van der Waals surface area contributed by atoms with E-state index in [-0.39, 0.29) is 12.3 Å². The van der Waals surface area contributed by atoms with E-state index in [0.717, 1.165) is 0 Å². The smallest absolute Gasteiger partial charge is 0.272 e. The molecule has 0 spiro atoms. The van der Waals surface area contributed by atoms with E-state index in [1.807, 2.05) is 0 Å². The van der Waals surface area contributed by atoms with Crippen LogP contribution in [-0.2, 0) is 6.61 Å². The van der Waals surface area contributed by atoms with E-state index in [0.29, 0.717) is 28.2 Å². The molecule has 2 aromatic carbocycles. The average Bonchev–Trinajstić information content (AvgIpc) is 2.43. The number of rotatable bonds is 4. The number of nitro benzene ring substituents is 1. The molecule has 0 heterocycles. The van der Waals surface area contributed by atoms with E-state index in [2.05, 4.69) is 0 Å². The molecule has 0 fully saturated rings. The lowest BCUT2D eigenvalue weighted by Crippen LogP contribution is -1.97. The molecule has 0 saturated carbocycles. The fourth-order valence-corrected chi connectivity index (χ4v) is 1.97. The van der Waals surface area contributed by atoms with Gasteiger partial charge < -0.3 is 9.84 Å². The Balaban J connectivity index is 2.41. The zero-order valence-electron chi connectivity index (χ0n) is 11.6. The van der Waals surface area contributed by atoms with Gasteiger partial charge in [-0.3, -0.25) is 10.1 Å². The first-order valence-electron chi connectivity index (χ1n) is 6.25. The molecule has 0 aliphatic carbocycles. The van der Waals surface area contributed by atoms with Crippen molar-refractivity contribution >= 4 is 5.69 Å². The molecule has 0 saturated heterocycles. The highest BCUT2D eigenvalue weighted by Gasteiger charge is 2.15. The zero-order valence-corrected chi connectivity index (χ0v) is 11.6. The second-order valence-corrected chi connectivity index (χ2v) is 4.67. The zero-order chi connectivity index (χ0) is 15.6. The molecule has 5 nitrogen and oxygen atoms in total. The van der Waals surface area contributed by atoms with Gasteiger partial charge in [-0.15, -0.1) is 0 Å². The van der Waals surface area contributed by atoms with Crippen LogP contribution in [0.5, 0.6) is 11.5 Å². The van der Waals surface area contributed by atoms with Crippen LogP contribution in [0.4, 0.5) is 10.1 Å². The molecule has 0 atom stereocenters. The molecule has 0 aliphatic heterocycles. The predicted octanol–water partition coefficient (Wildman–Crippen LogP) is 3.64. The fraction of sp³-hybridized carbons (Fsp3) is 0.200. The van der Waals surface area contributed by atoms with Gasteiger partial charge in [0.05, 0.1) is 11.5 Å². The van der Waals surface area contributed by atoms with Gasteiger partial charge in [-0.05, 0) is 43.7 Å². The minimum absolute atomic E-state index is 0.0151. The Bertz CT molecular complexity index is 700. The van der Waals surface area contributed by atoms with Gasteiger partial charge in [0.15, 0.2) is 0 Å². The quantitative estimate of drug-likeness (QED) is 0.689. The molecule has 0 amide bonds. The Morgan fingerprint density at radius 3 is 2.52 bits per heavy atom. The van der Waals surface area contributed by atoms with Gasteiger partial charge in [-0.1, -0.05) is 0 Å². The van der Waals surface area contributed by atoms with Crippen molar-refractivity contribution in [2.45, 2.75) is 20.5 Å². The van der Waals surface area contributed by atoms with Crippen molar-refractivity contribution in [3.63, 3.8) is 0 Å². The third kappa shape index (κ3) is 3.17. The minimum atomic E-state index is -0.469. The monoisotopic (exact) mass is 291 g/mol. The van der Waals surface area contributed by atoms with Crippen LogP contribution in [0.2, 0.25) is 0 Å². The minimum Gasteiger partial charge on any atom is -0.457 e. The fourth-order valence-electron chi connectivity index (χ4n) is 1.97. The maximum absolute atomic E-state index is 13.1. The summed E-state index contributed by atoms with van der Waals surface area (Å²) in [6.07, 6.45) is 0. The van der Waals surface area contributed by atoms with E-state index in [1.165, 1.54) is 24.3 Å². The lowest BCUT2D eigenvalue weighted by atomic mass is 10.1. The van der Waals surface area contributed by atoms with E-state index in [4.69, 9.17) is 4.74 Å². The van der Waals surface area contributed by atoms with Crippen LogP contribution in [0.25, 0.3) is 0 Å². The molecule has 2 aromatic rings. The Morgan fingerprint density at radius 1 is 1.19 bits per heavy atom. The number of aliphatic hydroxyl groups excluding tert-OH is 1. The van der Waals surface area contributed by atoms with Gasteiger partial charge in [0.1, 0.15) is 17.3 Å². The highest BCUT2D eigenvalue weighted by molar-refractivity contribution is 5.51. The van der Waals surface area contributed by atoms with Crippen molar-refractivity contribution in [2.75, 3.05) is 0 Å². The summed E-state index contributed by atoms with van der Waals surface area (Å²) in [7, 11) is 0. The number of nitrogens with zero attached hydrogens (tertiary/aromatic N) is 1. The van der Waals surface area contributed by atoms with Crippen molar-refractivity contribution in [2.24, 2.45) is 0 Å². The average molecular weight is 291 g/mol. The van der Waals surface area contributed by atoms with E-state index in [1.54, 1.807) is 19.9 Å². The van der Waals surface area contributed by atoms with E-state index < -0.39 is 10.7 Å². The molecule has 0 unspecified atom stereocenters. The molecule has 2 rings (SSSR count). The van der Waals surface area contributed by atoms with Gasteiger partial charge in [0.2, 0.25) is 0 Å². The summed E-state index contributed by atoms with van der Waals surface area (Å²) < 4.78 is 18.8. The Labute approximate surface area is 120 Å². The van der Waals surface area contributed by atoms with Crippen LogP contribution in [0.15, 0.2) is 30.3 Å². The van der Waals surface area contributed by atoms with Gasteiger partial charge in [0.25, 0.3) is 5.69 Å². The number of hydrogen-bond acceptors (Lipinski definition) is 4. The van der Waals surface area contributed by atoms with E-state index >= 15 is 0 Å². The normalized spacial score (nSPS) is 10.5. The molecule has 0 radical (unpaired) electrons. The maximum atomic E-state index is 13.1. The van der Waals surface area contributed by atoms with Crippen molar-refractivity contribution in [1.82, 2.24) is 0 Å². The summed E-state index contributed by atoms with van der Waals surface area (Å²) in [5, 5.41) is 20.1. The van der Waals surface area contributed by atoms with Crippen LogP contribution in [0, 0.1) is 29.8 Å². The molecule has 6 heteroatoms. The molecular weight excluding hydrogens is 277 g/mol. The van der Waals surface area contributed by atoms with Crippen LogP contribution >= 0.6 is 0 Å². The third-order valence-electron chi connectivity index (χ3n) is 3.10. The Kier molecular flexibility index (Phi) is 4.18. The second-order valence-electron chi connectivity index (χ2n) is 4.67. The van der Waals surface area contributed by atoms with Crippen LogP contribution < -0.4 is 4.74 Å². The highest BCUT2D eigenvalue weighted by atomic mass is 19.1. The number of ether oxygens (including phenoxy) is 1. The summed E-state index contributed by atoms with van der Waals surface area (Å²) in [6, 6.07) is 6.80. The first-order valence-corrected chi connectivity index (χ1v) is 6.25. The second kappa shape index (κ2) is 5.88. The predicted molar refractivity (Wildman–Crippen MR) is 75.0 cm³/mol. The first kappa shape index (κ1) is 14.9. The Morgan fingerprint density at radius 2 is 1.90 bits per heavy atom. The summed E-state index contributed by atoms with van der Waals surface area (Å²) >= 11 is 0. The van der Waals surface area contributed by atoms with Crippen molar-refractivity contribution in [3.05, 3.63) is 63.0 Å². The standard InChI is InChI=1S/C15H14FNO4/c1-9-6-15(10(2)5-13(9)17(19)20)21-14-4-3-12(16)7-11(14)8-18/h3-7,18H,8H2,1-2H3. The van der Waals surface area contributed by atoms with Gasteiger partial charge in [0, 0.05) is 17.2 Å². The third-order valence-corrected chi connectivity index (χ3v) is 3.10. The first-order chi connectivity index (χ1) is 9.92. The van der Waals surface area contributed by atoms with Gasteiger partial charge >= 0.3 is 0 Å². The van der Waals surface area contributed by atoms with Gasteiger partial charge in [-0.2, -0.15) is 0 Å². The van der Waals surface area contributed by atoms with Crippen molar-refractivity contribution in [1.29, 1.82) is 0 Å². The highest BCUT2D eigenvalue weighted by Crippen LogP contribution is 2.32. The van der Waals surface area contributed by atoms with Crippen molar-refractivity contribution in [3.8, 4) is 11.5 Å². The molecule has 0 bridgehead atoms. The summed E-state index contributed by atoms with van der Waals surface area (Å²) in [4.78, 5) is 10.4. The summed E-state index contributed by atoms with van der Waals surface area (Å²) in [5.74, 6) is 0.276. The number of hydrogen-bond donors (Lipinski definition) is 1. The number of halogens is 1. The SMILES string of the molecule is Cc1cc([N+](=O)[O-])c(C)cc1Oc1ccc(F)cc1CO. The van der Waals surface area contributed by atoms with E-state index in [9.17, 15) is 19.6 Å². The molecule has 21 heavy (non-hydrogen) atoms. The number of nitro groups is 1. The molecule has 0 aliphatic rings.